The molecule has 38 heavy (non-hydrogen) atoms. The van der Waals surface area contributed by atoms with Crippen molar-refractivity contribution in [3.63, 3.8) is 0 Å². The Morgan fingerprint density at radius 2 is 1.74 bits per heavy atom. The van der Waals surface area contributed by atoms with Crippen LogP contribution in [0.4, 0.5) is 0 Å². The van der Waals surface area contributed by atoms with E-state index < -0.39 is 23.4 Å². The zero-order chi connectivity index (χ0) is 27.4. The third-order valence-electron chi connectivity index (χ3n) is 6.42. The lowest BCUT2D eigenvalue weighted by molar-refractivity contribution is -0.140. The van der Waals surface area contributed by atoms with E-state index in [-0.39, 0.29) is 40.6 Å². The highest BCUT2D eigenvalue weighted by Gasteiger charge is 2.29. The first-order chi connectivity index (χ1) is 18.2. The molecule has 2 aromatic heterocycles. The summed E-state index contributed by atoms with van der Waals surface area (Å²) in [6.45, 7) is 1.99. The van der Waals surface area contributed by atoms with Crippen LogP contribution < -0.4 is 5.56 Å². The fourth-order valence-corrected chi connectivity index (χ4v) is 4.44. The molecule has 2 heterocycles. The van der Waals surface area contributed by atoms with Crippen molar-refractivity contribution in [2.45, 2.75) is 32.2 Å². The van der Waals surface area contributed by atoms with Crippen molar-refractivity contribution in [3.8, 4) is 22.8 Å². The number of nitrogens with zero attached hydrogens (tertiary/aromatic N) is 1. The van der Waals surface area contributed by atoms with Crippen LogP contribution in [-0.4, -0.2) is 38.9 Å². The summed E-state index contributed by atoms with van der Waals surface area (Å²) < 4.78 is 12.3. The summed E-state index contributed by atoms with van der Waals surface area (Å²) in [6.07, 6.45) is 0.206. The number of phenolic OH excluding ortho intramolecular Hbond substituents is 1. The van der Waals surface area contributed by atoms with Crippen LogP contribution in [0.25, 0.3) is 11.3 Å². The first-order valence-corrected chi connectivity index (χ1v) is 11.9. The van der Waals surface area contributed by atoms with Gasteiger partial charge in [0.2, 0.25) is 0 Å². The predicted octanol–water partition coefficient (Wildman–Crippen LogP) is 4.46. The molecule has 0 radical (unpaired) electrons. The van der Waals surface area contributed by atoms with Crippen molar-refractivity contribution >= 4 is 11.9 Å². The number of carboxylic acids is 1. The zero-order valence-corrected chi connectivity index (χ0v) is 20.9. The Labute approximate surface area is 218 Å². The molecule has 4 aromatic rings. The second-order valence-electron chi connectivity index (χ2n) is 8.84. The zero-order valence-electron chi connectivity index (χ0n) is 20.9. The number of pyridine rings is 1. The van der Waals surface area contributed by atoms with Gasteiger partial charge in [0.1, 0.15) is 23.0 Å². The van der Waals surface area contributed by atoms with Gasteiger partial charge in [-0.1, -0.05) is 30.3 Å². The van der Waals surface area contributed by atoms with Crippen molar-refractivity contribution in [1.82, 2.24) is 4.57 Å². The van der Waals surface area contributed by atoms with Gasteiger partial charge in [0, 0.05) is 17.8 Å². The lowest BCUT2D eigenvalue weighted by Gasteiger charge is -2.19. The number of methoxy groups -OCH3 is 1. The number of furan rings is 1. The maximum atomic E-state index is 13.7. The van der Waals surface area contributed by atoms with E-state index in [4.69, 9.17) is 9.15 Å². The number of ether oxygens (including phenoxy) is 1. The summed E-state index contributed by atoms with van der Waals surface area (Å²) in [6, 6.07) is 17.6. The van der Waals surface area contributed by atoms with Gasteiger partial charge >= 0.3 is 11.9 Å². The number of rotatable bonds is 9. The van der Waals surface area contributed by atoms with Crippen LogP contribution in [0, 0.1) is 6.92 Å². The molecule has 0 amide bonds. The van der Waals surface area contributed by atoms with E-state index in [2.05, 4.69) is 0 Å². The van der Waals surface area contributed by atoms with Gasteiger partial charge in [0.05, 0.1) is 30.6 Å². The second kappa shape index (κ2) is 11.1. The minimum atomic E-state index is -1.13. The highest BCUT2D eigenvalue weighted by molar-refractivity contribution is 5.95. The third kappa shape index (κ3) is 5.46. The molecule has 0 aliphatic rings. The molecule has 0 aliphatic heterocycles. The minimum absolute atomic E-state index is 0.0286. The molecular weight excluding hydrogens is 490 g/mol. The average molecular weight is 518 g/mol. The number of aryl methyl sites for hydroxylation is 2. The van der Waals surface area contributed by atoms with E-state index in [1.54, 1.807) is 61.5 Å². The number of hydrogen-bond acceptors (Lipinski definition) is 7. The number of benzene rings is 2. The van der Waals surface area contributed by atoms with Crippen LogP contribution in [0.3, 0.4) is 0 Å². The Bertz CT molecular complexity index is 1530. The van der Waals surface area contributed by atoms with Gasteiger partial charge in [-0.05, 0) is 55.3 Å². The van der Waals surface area contributed by atoms with Gasteiger partial charge < -0.3 is 29.0 Å². The van der Waals surface area contributed by atoms with Crippen molar-refractivity contribution in [3.05, 3.63) is 105 Å². The topological polar surface area (TPSA) is 139 Å². The Morgan fingerprint density at radius 3 is 2.42 bits per heavy atom. The molecule has 0 spiro atoms. The second-order valence-corrected chi connectivity index (χ2v) is 8.84. The first kappa shape index (κ1) is 26.3. The minimum Gasteiger partial charge on any atom is -0.508 e. The number of esters is 1. The van der Waals surface area contributed by atoms with E-state index in [1.807, 2.05) is 0 Å². The largest absolute Gasteiger partial charge is 0.508 e. The van der Waals surface area contributed by atoms with Gasteiger partial charge in [-0.2, -0.15) is 0 Å². The van der Waals surface area contributed by atoms with E-state index >= 15 is 0 Å². The summed E-state index contributed by atoms with van der Waals surface area (Å²) in [5.74, 6) is -2.43. The van der Waals surface area contributed by atoms with Crippen molar-refractivity contribution in [2.75, 3.05) is 7.11 Å². The lowest BCUT2D eigenvalue weighted by atomic mass is 9.93. The molecule has 2 aromatic carbocycles. The van der Waals surface area contributed by atoms with Crippen LogP contribution >= 0.6 is 0 Å². The van der Waals surface area contributed by atoms with Crippen molar-refractivity contribution < 1.29 is 34.1 Å². The van der Waals surface area contributed by atoms with E-state index in [1.165, 1.54) is 23.8 Å². The highest BCUT2D eigenvalue weighted by atomic mass is 16.5. The van der Waals surface area contributed by atoms with Gasteiger partial charge in [-0.3, -0.25) is 9.59 Å². The van der Waals surface area contributed by atoms with E-state index in [9.17, 15) is 29.7 Å². The van der Waals surface area contributed by atoms with Crippen LogP contribution in [0.15, 0.2) is 75.9 Å². The molecule has 4 rings (SSSR count). The molecule has 1 atom stereocenters. The summed E-state index contributed by atoms with van der Waals surface area (Å²) >= 11 is 0. The van der Waals surface area contributed by atoms with Crippen LogP contribution in [0.1, 0.15) is 45.3 Å². The average Bonchev–Trinajstić information content (AvgIpc) is 3.38. The molecule has 0 fully saturated rings. The third-order valence-corrected chi connectivity index (χ3v) is 6.42. The Morgan fingerprint density at radius 1 is 1.03 bits per heavy atom. The molecule has 9 nitrogen and oxygen atoms in total. The normalized spacial score (nSPS) is 11.7. The number of aromatic hydroxyl groups is 2. The summed E-state index contributed by atoms with van der Waals surface area (Å²) in [5, 5.41) is 29.9. The number of carboxylic acid groups (broad SMARTS) is 1. The standard InChI is InChI=1S/C29H27NO8/c1-17-15-23(32)27(28(34)30(17)14-13-18-7-9-19(31)10-8-18)22(16-26(33)37-2)25-12-11-24(38-25)20-5-3-4-6-21(20)29(35)36/h3-12,15,22,31-32H,13-14,16H2,1-2H3,(H,35,36)/t22-/m0/s1. The molecule has 196 valence electrons. The van der Waals surface area contributed by atoms with Gasteiger partial charge in [0.15, 0.2) is 0 Å². The number of carbonyl (C=O) groups excluding carboxylic acids is 1. The van der Waals surface area contributed by atoms with Crippen LogP contribution in [0.5, 0.6) is 11.5 Å². The van der Waals surface area contributed by atoms with Crippen LogP contribution in [0.2, 0.25) is 0 Å². The molecule has 0 unspecified atom stereocenters. The summed E-state index contributed by atoms with van der Waals surface area (Å²) in [7, 11) is 1.22. The molecule has 0 saturated carbocycles. The predicted molar refractivity (Wildman–Crippen MR) is 138 cm³/mol. The SMILES string of the molecule is COC(=O)C[C@@H](c1ccc(-c2ccccc2C(=O)O)o1)c1c(O)cc(C)n(CCc2ccc(O)cc2)c1=O. The molecule has 3 N–H and O–H groups in total. The first-order valence-electron chi connectivity index (χ1n) is 11.9. The summed E-state index contributed by atoms with van der Waals surface area (Å²) in [5.41, 5.74) is 1.29. The van der Waals surface area contributed by atoms with Crippen molar-refractivity contribution in [1.29, 1.82) is 0 Å². The quantitative estimate of drug-likeness (QED) is 0.277. The lowest BCUT2D eigenvalue weighted by Crippen LogP contribution is -2.29. The molecule has 0 saturated heterocycles. The van der Waals surface area contributed by atoms with Gasteiger partial charge in [0.25, 0.3) is 5.56 Å². The number of aromatic carboxylic acids is 1. The van der Waals surface area contributed by atoms with Crippen LogP contribution in [-0.2, 0) is 22.5 Å². The maximum Gasteiger partial charge on any atom is 0.336 e. The Hall–Kier alpha value is -4.79. The van der Waals surface area contributed by atoms with Gasteiger partial charge in [-0.25, -0.2) is 4.79 Å². The van der Waals surface area contributed by atoms with E-state index in [0.717, 1.165) is 5.56 Å². The molecule has 0 aliphatic carbocycles. The maximum absolute atomic E-state index is 13.7. The monoisotopic (exact) mass is 517 g/mol. The molecule has 0 bridgehead atoms. The smallest absolute Gasteiger partial charge is 0.336 e. The number of hydrogen-bond donors (Lipinski definition) is 3. The molecular formula is C29H27NO8. The Balaban J connectivity index is 1.77. The van der Waals surface area contributed by atoms with Crippen molar-refractivity contribution in [2.24, 2.45) is 0 Å². The van der Waals surface area contributed by atoms with E-state index in [0.29, 0.717) is 24.2 Å². The highest BCUT2D eigenvalue weighted by Crippen LogP contribution is 2.36. The number of phenols is 1. The fourth-order valence-electron chi connectivity index (χ4n) is 4.44. The molecule has 9 heteroatoms. The Kier molecular flexibility index (Phi) is 7.66. The number of carbonyl (C=O) groups is 2. The number of aromatic nitrogens is 1. The van der Waals surface area contributed by atoms with Gasteiger partial charge in [-0.15, -0.1) is 0 Å². The summed E-state index contributed by atoms with van der Waals surface area (Å²) in [4.78, 5) is 37.7. The fraction of sp³-hybridized carbons (Fsp3) is 0.207.